The molecule has 4 N–H and O–H groups in total. The van der Waals surface area contributed by atoms with E-state index in [-0.39, 0.29) is 5.69 Å². The van der Waals surface area contributed by atoms with E-state index < -0.39 is 11.8 Å². The van der Waals surface area contributed by atoms with E-state index >= 15 is 0 Å². The molecule has 0 aliphatic heterocycles. The SMILES string of the molecule is Cc1ccc(F)c(NC(=O)Nc2ccc(-c3c(Cc4cccnc4)sc4ncnc(N)c34)cc2)c1. The monoisotopic (exact) mass is 484 g/mol. The Kier molecular flexibility index (Phi) is 6.07. The number of amides is 2. The number of hydrogen-bond acceptors (Lipinski definition) is 6. The summed E-state index contributed by atoms with van der Waals surface area (Å²) in [6, 6.07) is 15.3. The number of aromatic nitrogens is 3. The van der Waals surface area contributed by atoms with Crippen molar-refractivity contribution in [3.8, 4) is 11.1 Å². The van der Waals surface area contributed by atoms with Crippen molar-refractivity contribution >= 4 is 44.8 Å². The van der Waals surface area contributed by atoms with Gasteiger partial charge in [-0.1, -0.05) is 24.3 Å². The van der Waals surface area contributed by atoms with Gasteiger partial charge in [-0.3, -0.25) is 4.98 Å². The molecule has 9 heteroatoms. The van der Waals surface area contributed by atoms with Crippen LogP contribution in [-0.4, -0.2) is 21.0 Å². The van der Waals surface area contributed by atoms with E-state index in [1.54, 1.807) is 41.8 Å². The first-order chi connectivity index (χ1) is 17.0. The Bertz CT molecular complexity index is 1520. The lowest BCUT2D eigenvalue weighted by Crippen LogP contribution is -2.20. The number of thiophene rings is 1. The van der Waals surface area contributed by atoms with Crippen LogP contribution in [-0.2, 0) is 6.42 Å². The molecule has 0 radical (unpaired) electrons. The number of halogens is 1. The molecule has 0 atom stereocenters. The average molecular weight is 485 g/mol. The van der Waals surface area contributed by atoms with Crippen LogP contribution in [0.5, 0.6) is 0 Å². The number of aryl methyl sites for hydroxylation is 1. The number of rotatable bonds is 5. The summed E-state index contributed by atoms with van der Waals surface area (Å²) in [7, 11) is 0. The Hall–Kier alpha value is -4.37. The highest BCUT2D eigenvalue weighted by molar-refractivity contribution is 7.19. The highest BCUT2D eigenvalue weighted by Gasteiger charge is 2.18. The van der Waals surface area contributed by atoms with E-state index in [4.69, 9.17) is 5.73 Å². The molecule has 0 unspecified atom stereocenters. The zero-order valence-corrected chi connectivity index (χ0v) is 19.6. The third kappa shape index (κ3) is 4.80. The van der Waals surface area contributed by atoms with Crippen LogP contribution in [0.4, 0.5) is 26.4 Å². The minimum atomic E-state index is -0.529. The molecule has 174 valence electrons. The largest absolute Gasteiger partial charge is 0.383 e. The maximum Gasteiger partial charge on any atom is 0.323 e. The van der Waals surface area contributed by atoms with E-state index in [9.17, 15) is 9.18 Å². The van der Waals surface area contributed by atoms with Crippen LogP contribution in [0.15, 0.2) is 73.3 Å². The summed E-state index contributed by atoms with van der Waals surface area (Å²) in [6.07, 6.45) is 5.72. The van der Waals surface area contributed by atoms with Crippen molar-refractivity contribution in [3.63, 3.8) is 0 Å². The molecule has 0 spiro atoms. The summed E-state index contributed by atoms with van der Waals surface area (Å²) in [5.74, 6) is -0.0770. The van der Waals surface area contributed by atoms with Crippen molar-refractivity contribution in [1.82, 2.24) is 15.0 Å². The van der Waals surface area contributed by atoms with Crippen molar-refractivity contribution in [2.75, 3.05) is 16.4 Å². The van der Waals surface area contributed by atoms with Gasteiger partial charge < -0.3 is 16.4 Å². The average Bonchev–Trinajstić information content (AvgIpc) is 3.22. The highest BCUT2D eigenvalue weighted by Crippen LogP contribution is 2.41. The number of pyridine rings is 1. The standard InChI is InChI=1S/C26H21FN6OS/c1-15-4-9-19(27)20(11-15)33-26(34)32-18-7-5-17(6-8-18)22-21(12-16-3-2-10-29-13-16)35-25-23(22)24(28)30-14-31-25/h2-11,13-14H,12H2,1H3,(H2,28,30,31)(H2,32,33,34). The minimum Gasteiger partial charge on any atom is -0.383 e. The van der Waals surface area contributed by atoms with Gasteiger partial charge in [0.05, 0.1) is 11.1 Å². The molecule has 0 fully saturated rings. The van der Waals surface area contributed by atoms with Crippen LogP contribution < -0.4 is 16.4 Å². The lowest BCUT2D eigenvalue weighted by molar-refractivity contribution is 0.262. The van der Waals surface area contributed by atoms with Crippen LogP contribution in [0.25, 0.3) is 21.3 Å². The summed E-state index contributed by atoms with van der Waals surface area (Å²) in [6.45, 7) is 1.83. The molecule has 0 aliphatic carbocycles. The number of fused-ring (bicyclic) bond motifs is 1. The molecule has 5 aromatic rings. The number of nitrogens with two attached hydrogens (primary N) is 1. The van der Waals surface area contributed by atoms with Crippen molar-refractivity contribution in [2.24, 2.45) is 0 Å². The number of nitrogens with one attached hydrogen (secondary N) is 2. The maximum atomic E-state index is 14.0. The molecular weight excluding hydrogens is 463 g/mol. The number of benzene rings is 2. The molecule has 5 rings (SSSR count). The first kappa shape index (κ1) is 22.4. The predicted molar refractivity (Wildman–Crippen MR) is 138 cm³/mol. The quantitative estimate of drug-likeness (QED) is 0.283. The summed E-state index contributed by atoms with van der Waals surface area (Å²) in [5, 5.41) is 6.10. The molecule has 7 nitrogen and oxygen atoms in total. The Morgan fingerprint density at radius 3 is 2.69 bits per heavy atom. The second-order valence-corrected chi connectivity index (χ2v) is 9.10. The zero-order chi connectivity index (χ0) is 24.4. The van der Waals surface area contributed by atoms with Gasteiger partial charge in [0.1, 0.15) is 22.8 Å². The van der Waals surface area contributed by atoms with Gasteiger partial charge in [0.25, 0.3) is 0 Å². The maximum absolute atomic E-state index is 14.0. The van der Waals surface area contributed by atoms with Crippen LogP contribution in [0.1, 0.15) is 16.0 Å². The van der Waals surface area contributed by atoms with Crippen molar-refractivity contribution < 1.29 is 9.18 Å². The zero-order valence-electron chi connectivity index (χ0n) is 18.7. The predicted octanol–water partition coefficient (Wildman–Crippen LogP) is 6.02. The molecule has 0 saturated heterocycles. The number of hydrogen-bond donors (Lipinski definition) is 3. The van der Waals surface area contributed by atoms with Gasteiger partial charge in [0.15, 0.2) is 0 Å². The first-order valence-corrected chi connectivity index (χ1v) is 11.6. The fourth-order valence-electron chi connectivity index (χ4n) is 3.86. The molecule has 0 saturated carbocycles. The van der Waals surface area contributed by atoms with Crippen molar-refractivity contribution in [1.29, 1.82) is 0 Å². The Labute approximate surface area is 204 Å². The third-order valence-corrected chi connectivity index (χ3v) is 6.58. The van der Waals surface area contributed by atoms with Gasteiger partial charge in [-0.15, -0.1) is 11.3 Å². The number of anilines is 3. The van der Waals surface area contributed by atoms with Crippen LogP contribution in [0, 0.1) is 12.7 Å². The third-order valence-electron chi connectivity index (χ3n) is 5.48. The molecule has 0 bridgehead atoms. The van der Waals surface area contributed by atoms with E-state index in [0.29, 0.717) is 17.9 Å². The Balaban J connectivity index is 1.43. The molecule has 2 amide bonds. The minimum absolute atomic E-state index is 0.124. The lowest BCUT2D eigenvalue weighted by Gasteiger charge is -2.11. The lowest BCUT2D eigenvalue weighted by atomic mass is 10.00. The number of carbonyl (C=O) groups is 1. The number of nitrogen functional groups attached to an aromatic ring is 1. The summed E-state index contributed by atoms with van der Waals surface area (Å²) in [4.78, 5) is 27.1. The second kappa shape index (κ2) is 9.47. The summed E-state index contributed by atoms with van der Waals surface area (Å²) >= 11 is 1.57. The van der Waals surface area contributed by atoms with Gasteiger partial charge >= 0.3 is 6.03 Å². The number of urea groups is 1. The first-order valence-electron chi connectivity index (χ1n) is 10.8. The van der Waals surface area contributed by atoms with Gasteiger partial charge in [0, 0.05) is 34.9 Å². The molecule has 35 heavy (non-hydrogen) atoms. The van der Waals surface area contributed by atoms with E-state index in [2.05, 4.69) is 25.6 Å². The van der Waals surface area contributed by atoms with Crippen LogP contribution >= 0.6 is 11.3 Å². The highest BCUT2D eigenvalue weighted by atomic mass is 32.1. The fraction of sp³-hybridized carbons (Fsp3) is 0.0769. The van der Waals surface area contributed by atoms with E-state index in [1.807, 2.05) is 37.4 Å². The molecule has 3 aromatic heterocycles. The number of carbonyl (C=O) groups excluding carboxylic acids is 1. The Morgan fingerprint density at radius 1 is 1.09 bits per heavy atom. The Morgan fingerprint density at radius 2 is 1.91 bits per heavy atom. The summed E-state index contributed by atoms with van der Waals surface area (Å²) in [5.41, 5.74) is 10.7. The molecule has 2 aromatic carbocycles. The van der Waals surface area contributed by atoms with Crippen molar-refractivity contribution in [2.45, 2.75) is 13.3 Å². The molecular formula is C26H21FN6OS. The van der Waals surface area contributed by atoms with Gasteiger partial charge in [0.2, 0.25) is 0 Å². The second-order valence-electron chi connectivity index (χ2n) is 8.02. The molecule has 0 aliphatic rings. The van der Waals surface area contributed by atoms with Crippen molar-refractivity contribution in [3.05, 3.63) is 95.1 Å². The topological polar surface area (TPSA) is 106 Å². The van der Waals surface area contributed by atoms with Gasteiger partial charge in [-0.25, -0.2) is 19.2 Å². The fourth-order valence-corrected chi connectivity index (χ4v) is 5.06. The normalized spacial score (nSPS) is 10.9. The van der Waals surface area contributed by atoms with E-state index in [1.165, 1.54) is 12.4 Å². The molecule has 3 heterocycles. The van der Waals surface area contributed by atoms with E-state index in [0.717, 1.165) is 37.3 Å². The number of nitrogens with zero attached hydrogens (tertiary/aromatic N) is 3. The van der Waals surface area contributed by atoms with Crippen LogP contribution in [0.2, 0.25) is 0 Å². The van der Waals surface area contributed by atoms with Crippen LogP contribution in [0.3, 0.4) is 0 Å². The summed E-state index contributed by atoms with van der Waals surface area (Å²) < 4.78 is 14.0. The van der Waals surface area contributed by atoms with Gasteiger partial charge in [-0.05, 0) is 53.9 Å². The smallest absolute Gasteiger partial charge is 0.323 e. The van der Waals surface area contributed by atoms with Gasteiger partial charge in [-0.2, -0.15) is 0 Å².